The zero-order valence-electron chi connectivity index (χ0n) is 12.8. The molecule has 0 atom stereocenters. The van der Waals surface area contributed by atoms with Crippen molar-refractivity contribution in [1.29, 1.82) is 0 Å². The predicted molar refractivity (Wildman–Crippen MR) is 81.8 cm³/mol. The van der Waals surface area contributed by atoms with Crippen molar-refractivity contribution in [2.45, 2.75) is 39.7 Å². The molecule has 3 N–H and O–H groups in total. The van der Waals surface area contributed by atoms with Crippen LogP contribution < -0.4 is 5.73 Å². The molecule has 4 nitrogen and oxygen atoms in total. The summed E-state index contributed by atoms with van der Waals surface area (Å²) in [5.74, 6) is -0.419. The maximum absolute atomic E-state index is 13.4. The quantitative estimate of drug-likeness (QED) is 0.390. The number of hydrogen-bond acceptors (Lipinski definition) is 3. The van der Waals surface area contributed by atoms with Crippen molar-refractivity contribution >= 4 is 5.84 Å². The molecule has 1 fully saturated rings. The third-order valence-electron chi connectivity index (χ3n) is 4.28. The van der Waals surface area contributed by atoms with Crippen LogP contribution in [0.5, 0.6) is 0 Å². The highest BCUT2D eigenvalue weighted by Crippen LogP contribution is 2.30. The second-order valence-electron chi connectivity index (χ2n) is 6.58. The van der Waals surface area contributed by atoms with Crippen LogP contribution in [0.2, 0.25) is 0 Å². The van der Waals surface area contributed by atoms with E-state index in [1.54, 1.807) is 6.07 Å². The minimum atomic E-state index is -0.377. The average molecular weight is 293 g/mol. The molecule has 116 valence electrons. The maximum atomic E-state index is 13.4. The highest BCUT2D eigenvalue weighted by atomic mass is 19.1. The predicted octanol–water partition coefficient (Wildman–Crippen LogP) is 2.93. The topological polar surface area (TPSA) is 61.8 Å². The van der Waals surface area contributed by atoms with Gasteiger partial charge < -0.3 is 10.9 Å². The van der Waals surface area contributed by atoms with E-state index >= 15 is 0 Å². The Morgan fingerprint density at radius 2 is 2.14 bits per heavy atom. The lowest BCUT2D eigenvalue weighted by Gasteiger charge is -2.24. The molecule has 1 heterocycles. The van der Waals surface area contributed by atoms with E-state index in [4.69, 9.17) is 10.9 Å². The molecular weight excluding hydrogens is 269 g/mol. The number of oxime groups is 1. The van der Waals surface area contributed by atoms with Crippen molar-refractivity contribution in [2.24, 2.45) is 16.3 Å². The first-order valence-corrected chi connectivity index (χ1v) is 7.40. The van der Waals surface area contributed by atoms with Gasteiger partial charge in [-0.2, -0.15) is 0 Å². The Balaban J connectivity index is 2.16. The Morgan fingerprint density at radius 1 is 1.38 bits per heavy atom. The van der Waals surface area contributed by atoms with Crippen LogP contribution in [0.1, 0.15) is 44.2 Å². The van der Waals surface area contributed by atoms with Crippen molar-refractivity contribution in [1.82, 2.24) is 4.90 Å². The summed E-state index contributed by atoms with van der Waals surface area (Å²) in [6.07, 6.45) is 3.53. The monoisotopic (exact) mass is 293 g/mol. The van der Waals surface area contributed by atoms with Crippen LogP contribution in [-0.4, -0.2) is 29.0 Å². The van der Waals surface area contributed by atoms with Gasteiger partial charge in [0, 0.05) is 12.1 Å². The Hall–Kier alpha value is -1.62. The minimum absolute atomic E-state index is 0.0420. The van der Waals surface area contributed by atoms with Crippen molar-refractivity contribution < 1.29 is 9.60 Å². The summed E-state index contributed by atoms with van der Waals surface area (Å²) in [6, 6.07) is 4.47. The van der Waals surface area contributed by atoms with Gasteiger partial charge in [-0.25, -0.2) is 4.39 Å². The molecule has 1 aliphatic rings. The summed E-state index contributed by atoms with van der Waals surface area (Å²) in [7, 11) is 0. The Kier molecular flexibility index (Phi) is 4.83. The van der Waals surface area contributed by atoms with Crippen LogP contribution in [0, 0.1) is 11.2 Å². The number of hydrogen-bond donors (Lipinski definition) is 2. The van der Waals surface area contributed by atoms with Gasteiger partial charge in [0.1, 0.15) is 5.82 Å². The summed E-state index contributed by atoms with van der Waals surface area (Å²) in [5, 5.41) is 11.9. The van der Waals surface area contributed by atoms with Gasteiger partial charge in [0.2, 0.25) is 0 Å². The number of likely N-dealkylation sites (tertiary alicyclic amines) is 1. The van der Waals surface area contributed by atoms with E-state index < -0.39 is 0 Å². The number of nitrogens with two attached hydrogens (primary N) is 1. The Morgan fingerprint density at radius 3 is 2.86 bits per heavy atom. The van der Waals surface area contributed by atoms with Gasteiger partial charge in [-0.3, -0.25) is 4.90 Å². The number of benzene rings is 1. The van der Waals surface area contributed by atoms with E-state index in [1.165, 1.54) is 18.6 Å². The summed E-state index contributed by atoms with van der Waals surface area (Å²) in [5.41, 5.74) is 7.41. The molecule has 0 spiro atoms. The Bertz CT molecular complexity index is 528. The van der Waals surface area contributed by atoms with Crippen LogP contribution in [-0.2, 0) is 6.54 Å². The van der Waals surface area contributed by atoms with Gasteiger partial charge >= 0.3 is 0 Å². The summed E-state index contributed by atoms with van der Waals surface area (Å²) in [4.78, 5) is 2.36. The molecule has 0 amide bonds. The van der Waals surface area contributed by atoms with E-state index in [2.05, 4.69) is 23.9 Å². The lowest BCUT2D eigenvalue weighted by Crippen LogP contribution is -2.27. The molecule has 0 bridgehead atoms. The van der Waals surface area contributed by atoms with Crippen LogP contribution in [0.25, 0.3) is 0 Å². The summed E-state index contributed by atoms with van der Waals surface area (Å²) in [6.45, 7) is 7.34. The summed E-state index contributed by atoms with van der Waals surface area (Å²) < 4.78 is 13.4. The number of rotatable bonds is 3. The maximum Gasteiger partial charge on any atom is 0.170 e. The van der Waals surface area contributed by atoms with Gasteiger partial charge in [-0.1, -0.05) is 25.1 Å². The molecule has 1 aromatic carbocycles. The SMILES string of the molecule is CC1(C)CCCN(Cc2ccc(F)cc2C(N)=NO)CC1. The van der Waals surface area contributed by atoms with Crippen molar-refractivity contribution in [3.05, 3.63) is 35.1 Å². The molecule has 0 aliphatic carbocycles. The molecule has 2 rings (SSSR count). The van der Waals surface area contributed by atoms with Crippen LogP contribution in [0.15, 0.2) is 23.4 Å². The first kappa shape index (κ1) is 15.8. The largest absolute Gasteiger partial charge is 0.409 e. The van der Waals surface area contributed by atoms with Gasteiger partial charge in [-0.05, 0) is 55.5 Å². The van der Waals surface area contributed by atoms with Crippen LogP contribution >= 0.6 is 0 Å². The van der Waals surface area contributed by atoms with Gasteiger partial charge in [0.25, 0.3) is 0 Å². The number of amidine groups is 1. The second-order valence-corrected chi connectivity index (χ2v) is 6.58. The third-order valence-corrected chi connectivity index (χ3v) is 4.28. The first-order chi connectivity index (χ1) is 9.91. The minimum Gasteiger partial charge on any atom is -0.409 e. The van der Waals surface area contributed by atoms with Crippen molar-refractivity contribution in [2.75, 3.05) is 13.1 Å². The zero-order valence-corrected chi connectivity index (χ0v) is 12.8. The van der Waals surface area contributed by atoms with E-state index in [1.807, 2.05) is 0 Å². The molecule has 0 aromatic heterocycles. The van der Waals surface area contributed by atoms with Crippen LogP contribution in [0.4, 0.5) is 4.39 Å². The standard InChI is InChI=1S/C16H24FN3O/c1-16(2)6-3-8-20(9-7-16)11-12-4-5-13(17)10-14(12)15(18)19-21/h4-5,10,21H,3,6-9,11H2,1-2H3,(H2,18,19). The normalized spacial score (nSPS) is 20.2. The molecule has 0 radical (unpaired) electrons. The van der Waals surface area contributed by atoms with E-state index in [0.29, 0.717) is 17.5 Å². The van der Waals surface area contributed by atoms with Crippen molar-refractivity contribution in [3.63, 3.8) is 0 Å². The van der Waals surface area contributed by atoms with E-state index in [9.17, 15) is 4.39 Å². The van der Waals surface area contributed by atoms with Gasteiger partial charge in [0.05, 0.1) is 0 Å². The number of nitrogens with zero attached hydrogens (tertiary/aromatic N) is 2. The second kappa shape index (κ2) is 6.43. The van der Waals surface area contributed by atoms with Crippen LogP contribution in [0.3, 0.4) is 0 Å². The smallest absolute Gasteiger partial charge is 0.170 e. The fourth-order valence-electron chi connectivity index (χ4n) is 2.86. The fraction of sp³-hybridized carbons (Fsp3) is 0.562. The van der Waals surface area contributed by atoms with E-state index in [0.717, 1.165) is 31.5 Å². The highest BCUT2D eigenvalue weighted by molar-refractivity contribution is 5.98. The zero-order chi connectivity index (χ0) is 15.5. The highest BCUT2D eigenvalue weighted by Gasteiger charge is 2.23. The number of halogens is 1. The summed E-state index contributed by atoms with van der Waals surface area (Å²) >= 11 is 0. The molecular formula is C16H24FN3O. The Labute approximate surface area is 125 Å². The fourth-order valence-corrected chi connectivity index (χ4v) is 2.86. The molecule has 5 heteroatoms. The molecule has 1 saturated heterocycles. The average Bonchev–Trinajstić information content (AvgIpc) is 2.61. The van der Waals surface area contributed by atoms with Gasteiger partial charge in [0.15, 0.2) is 5.84 Å². The van der Waals surface area contributed by atoms with Crippen molar-refractivity contribution in [3.8, 4) is 0 Å². The molecule has 0 saturated carbocycles. The molecule has 21 heavy (non-hydrogen) atoms. The molecule has 1 aliphatic heterocycles. The first-order valence-electron chi connectivity index (χ1n) is 7.40. The molecule has 0 unspecified atom stereocenters. The van der Waals surface area contributed by atoms with Gasteiger partial charge in [-0.15, -0.1) is 0 Å². The lowest BCUT2D eigenvalue weighted by molar-refractivity contribution is 0.255. The molecule has 1 aromatic rings. The lowest BCUT2D eigenvalue weighted by atomic mass is 9.85. The third kappa shape index (κ3) is 4.17. The van der Waals surface area contributed by atoms with E-state index in [-0.39, 0.29) is 11.7 Å².